The van der Waals surface area contributed by atoms with Gasteiger partial charge in [0, 0.05) is 18.2 Å². The SMILES string of the molecule is CCCC(c1nnnn1Cc1ccco1)N(Cc1cc2ccc(C)c(C)c2[nH]c1=O)C1CCCCC1. The van der Waals surface area contributed by atoms with Gasteiger partial charge in [-0.1, -0.05) is 44.7 Å². The molecule has 8 heteroatoms. The highest BCUT2D eigenvalue weighted by Crippen LogP contribution is 2.34. The molecule has 3 aromatic heterocycles. The van der Waals surface area contributed by atoms with Crippen LogP contribution in [0.3, 0.4) is 0 Å². The number of aromatic amines is 1. The molecular weight excluding hydrogens is 452 g/mol. The van der Waals surface area contributed by atoms with E-state index in [1.54, 1.807) is 6.26 Å². The van der Waals surface area contributed by atoms with Crippen molar-refractivity contribution in [3.63, 3.8) is 0 Å². The molecule has 1 unspecified atom stereocenters. The Balaban J connectivity index is 1.53. The fourth-order valence-corrected chi connectivity index (χ4v) is 5.62. The Bertz CT molecular complexity index is 1350. The van der Waals surface area contributed by atoms with Crippen molar-refractivity contribution >= 4 is 10.9 Å². The van der Waals surface area contributed by atoms with Crippen molar-refractivity contribution in [2.24, 2.45) is 0 Å². The second-order valence-corrected chi connectivity index (χ2v) is 10.1. The predicted octanol–water partition coefficient (Wildman–Crippen LogP) is 5.45. The van der Waals surface area contributed by atoms with E-state index in [9.17, 15) is 4.79 Å². The van der Waals surface area contributed by atoms with Gasteiger partial charge in [0.15, 0.2) is 5.82 Å². The summed E-state index contributed by atoms with van der Waals surface area (Å²) >= 11 is 0. The molecule has 190 valence electrons. The largest absolute Gasteiger partial charge is 0.467 e. The Morgan fingerprint density at radius 2 is 2.03 bits per heavy atom. The van der Waals surface area contributed by atoms with E-state index in [-0.39, 0.29) is 11.6 Å². The fraction of sp³-hybridized carbons (Fsp3) is 0.500. The maximum absolute atomic E-state index is 13.3. The Morgan fingerprint density at radius 3 is 2.78 bits per heavy atom. The lowest BCUT2D eigenvalue weighted by Crippen LogP contribution is -2.41. The number of rotatable bonds is 9. The first-order chi connectivity index (χ1) is 17.5. The molecule has 1 saturated carbocycles. The van der Waals surface area contributed by atoms with Crippen molar-refractivity contribution < 1.29 is 4.42 Å². The molecule has 4 aromatic rings. The number of hydrogen-bond donors (Lipinski definition) is 1. The van der Waals surface area contributed by atoms with E-state index < -0.39 is 0 Å². The van der Waals surface area contributed by atoms with Crippen LogP contribution in [0.2, 0.25) is 0 Å². The van der Waals surface area contributed by atoms with Crippen LogP contribution in [0.1, 0.15) is 86.2 Å². The predicted molar refractivity (Wildman–Crippen MR) is 140 cm³/mol. The summed E-state index contributed by atoms with van der Waals surface area (Å²) in [6, 6.07) is 10.5. The number of furan rings is 1. The summed E-state index contributed by atoms with van der Waals surface area (Å²) in [7, 11) is 0. The van der Waals surface area contributed by atoms with Crippen molar-refractivity contribution in [2.75, 3.05) is 0 Å². The summed E-state index contributed by atoms with van der Waals surface area (Å²) < 4.78 is 7.43. The van der Waals surface area contributed by atoms with Gasteiger partial charge in [0.05, 0.1) is 17.8 Å². The van der Waals surface area contributed by atoms with Crippen LogP contribution in [0.4, 0.5) is 0 Å². The van der Waals surface area contributed by atoms with Crippen LogP contribution >= 0.6 is 0 Å². The number of nitrogens with zero attached hydrogens (tertiary/aromatic N) is 5. The molecule has 3 heterocycles. The number of aryl methyl sites for hydroxylation is 2. The third-order valence-corrected chi connectivity index (χ3v) is 7.73. The minimum atomic E-state index is -0.0116. The Hall–Kier alpha value is -3.26. The number of nitrogens with one attached hydrogen (secondary N) is 1. The van der Waals surface area contributed by atoms with Crippen molar-refractivity contribution in [2.45, 2.75) is 90.9 Å². The highest BCUT2D eigenvalue weighted by Gasteiger charge is 2.32. The molecule has 1 aliphatic rings. The molecule has 0 saturated heterocycles. The number of H-pyrrole nitrogens is 1. The zero-order valence-electron chi connectivity index (χ0n) is 21.5. The minimum Gasteiger partial charge on any atom is -0.467 e. The van der Waals surface area contributed by atoms with E-state index in [0.29, 0.717) is 19.1 Å². The van der Waals surface area contributed by atoms with E-state index in [1.807, 2.05) is 16.8 Å². The van der Waals surface area contributed by atoms with Crippen LogP contribution in [0.25, 0.3) is 10.9 Å². The molecule has 0 spiro atoms. The first kappa shape index (κ1) is 24.4. The van der Waals surface area contributed by atoms with Crippen LogP contribution < -0.4 is 5.56 Å². The summed E-state index contributed by atoms with van der Waals surface area (Å²) in [5, 5.41) is 13.9. The van der Waals surface area contributed by atoms with Crippen molar-refractivity contribution in [1.29, 1.82) is 0 Å². The lowest BCUT2D eigenvalue weighted by atomic mass is 9.91. The number of aromatic nitrogens is 5. The van der Waals surface area contributed by atoms with Gasteiger partial charge in [-0.2, -0.15) is 0 Å². The van der Waals surface area contributed by atoms with Crippen LogP contribution in [0, 0.1) is 13.8 Å². The van der Waals surface area contributed by atoms with E-state index in [2.05, 4.69) is 64.4 Å². The van der Waals surface area contributed by atoms with Gasteiger partial charge < -0.3 is 9.40 Å². The summed E-state index contributed by atoms with van der Waals surface area (Å²) in [4.78, 5) is 19.0. The number of hydrogen-bond acceptors (Lipinski definition) is 6. The summed E-state index contributed by atoms with van der Waals surface area (Å²) in [6.07, 6.45) is 9.54. The van der Waals surface area contributed by atoms with Crippen molar-refractivity contribution in [1.82, 2.24) is 30.1 Å². The Morgan fingerprint density at radius 1 is 1.19 bits per heavy atom. The van der Waals surface area contributed by atoms with Crippen LogP contribution in [0.5, 0.6) is 0 Å². The molecule has 5 rings (SSSR count). The van der Waals surface area contributed by atoms with Gasteiger partial charge in [-0.05, 0) is 78.2 Å². The topological polar surface area (TPSA) is 92.8 Å². The van der Waals surface area contributed by atoms with Gasteiger partial charge >= 0.3 is 0 Å². The van der Waals surface area contributed by atoms with Gasteiger partial charge in [-0.3, -0.25) is 9.69 Å². The van der Waals surface area contributed by atoms with E-state index in [4.69, 9.17) is 4.42 Å². The van der Waals surface area contributed by atoms with Gasteiger partial charge in [-0.15, -0.1) is 5.10 Å². The zero-order chi connectivity index (χ0) is 25.1. The molecule has 1 aromatic carbocycles. The van der Waals surface area contributed by atoms with Gasteiger partial charge in [0.25, 0.3) is 5.56 Å². The zero-order valence-corrected chi connectivity index (χ0v) is 21.5. The first-order valence-electron chi connectivity index (χ1n) is 13.2. The van der Waals surface area contributed by atoms with Crippen molar-refractivity contribution in [3.8, 4) is 0 Å². The summed E-state index contributed by atoms with van der Waals surface area (Å²) in [6.45, 7) is 7.40. The third kappa shape index (κ3) is 5.00. The lowest BCUT2D eigenvalue weighted by molar-refractivity contribution is 0.0811. The molecule has 0 amide bonds. The molecule has 1 fully saturated rings. The first-order valence-corrected chi connectivity index (χ1v) is 13.2. The summed E-state index contributed by atoms with van der Waals surface area (Å²) in [5.74, 6) is 1.65. The van der Waals surface area contributed by atoms with E-state index in [1.165, 1.54) is 24.8 Å². The highest BCUT2D eigenvalue weighted by atomic mass is 16.3. The molecule has 1 aliphatic carbocycles. The molecule has 8 nitrogen and oxygen atoms in total. The lowest BCUT2D eigenvalue weighted by Gasteiger charge is -2.39. The highest BCUT2D eigenvalue weighted by molar-refractivity contribution is 5.83. The normalized spacial score (nSPS) is 15.7. The van der Waals surface area contributed by atoms with Gasteiger partial charge in [0.1, 0.15) is 12.3 Å². The second kappa shape index (κ2) is 10.8. The molecule has 0 radical (unpaired) electrons. The molecule has 1 atom stereocenters. The third-order valence-electron chi connectivity index (χ3n) is 7.73. The molecule has 36 heavy (non-hydrogen) atoms. The standard InChI is InChI=1S/C28H36N6O2/c1-4-9-25(27-30-31-32-34(27)18-24-12-8-15-36-24)33(23-10-6-5-7-11-23)17-22-16-21-14-13-19(2)20(3)26(21)29-28(22)35/h8,12-16,23,25H,4-7,9-11,17-18H2,1-3H3,(H,29,35). The molecule has 1 N–H and O–H groups in total. The number of fused-ring (bicyclic) bond motifs is 1. The minimum absolute atomic E-state index is 0.0116. The molecule has 0 aliphatic heterocycles. The number of benzene rings is 1. The maximum atomic E-state index is 13.3. The molecular formula is C28H36N6O2. The second-order valence-electron chi connectivity index (χ2n) is 10.1. The monoisotopic (exact) mass is 488 g/mol. The smallest absolute Gasteiger partial charge is 0.252 e. The average molecular weight is 489 g/mol. The molecule has 0 bridgehead atoms. The van der Waals surface area contributed by atoms with Crippen molar-refractivity contribution in [3.05, 3.63) is 75.2 Å². The van der Waals surface area contributed by atoms with E-state index >= 15 is 0 Å². The quantitative estimate of drug-likeness (QED) is 0.337. The Kier molecular flexibility index (Phi) is 7.32. The van der Waals surface area contributed by atoms with Gasteiger partial charge in [-0.25, -0.2) is 4.68 Å². The average Bonchev–Trinajstić information content (AvgIpc) is 3.58. The van der Waals surface area contributed by atoms with Crippen LogP contribution in [0.15, 0.2) is 45.8 Å². The van der Waals surface area contributed by atoms with Crippen LogP contribution in [-0.2, 0) is 13.1 Å². The van der Waals surface area contributed by atoms with Gasteiger partial charge in [0.2, 0.25) is 0 Å². The van der Waals surface area contributed by atoms with Crippen LogP contribution in [-0.4, -0.2) is 36.1 Å². The fourth-order valence-electron chi connectivity index (χ4n) is 5.62. The number of tetrazole rings is 1. The maximum Gasteiger partial charge on any atom is 0.252 e. The number of pyridine rings is 1. The van der Waals surface area contributed by atoms with E-state index in [0.717, 1.165) is 59.3 Å². The summed E-state index contributed by atoms with van der Waals surface area (Å²) in [5.41, 5.74) is 4.02. The Labute approximate surface area is 211 Å².